The second-order valence-corrected chi connectivity index (χ2v) is 7.37. The number of hydrogen-bond acceptors (Lipinski definition) is 5. The largest absolute Gasteiger partial charge is 0.465 e. The molecule has 1 N–H and O–H groups in total. The monoisotopic (exact) mass is 338 g/mol. The molecule has 3 rings (SSSR count). The summed E-state index contributed by atoms with van der Waals surface area (Å²) in [6, 6.07) is -0.135. The van der Waals surface area contributed by atoms with Gasteiger partial charge >= 0.3 is 12.0 Å². The SMILES string of the molecule is COC(=O)c1c(NC(=O)N2CCC23CCOCC3)sc(C)c1C. The number of carbonyl (C=O) groups excluding carboxylic acids is 2. The molecule has 0 saturated carbocycles. The van der Waals surface area contributed by atoms with E-state index in [1.54, 1.807) is 0 Å². The molecule has 2 saturated heterocycles. The average Bonchev–Trinajstić information content (AvgIpc) is 2.80. The molecular weight excluding hydrogens is 316 g/mol. The lowest BCUT2D eigenvalue weighted by molar-refractivity contribution is -0.0600. The molecule has 0 radical (unpaired) electrons. The summed E-state index contributed by atoms with van der Waals surface area (Å²) in [5.74, 6) is -0.411. The Balaban J connectivity index is 1.78. The average molecular weight is 338 g/mol. The van der Waals surface area contributed by atoms with Gasteiger partial charge in [-0.25, -0.2) is 9.59 Å². The summed E-state index contributed by atoms with van der Waals surface area (Å²) in [4.78, 5) is 27.6. The third kappa shape index (κ3) is 2.72. The number of aryl methyl sites for hydroxylation is 1. The Bertz CT molecular complexity index is 634. The van der Waals surface area contributed by atoms with Crippen LogP contribution in [0.15, 0.2) is 0 Å². The summed E-state index contributed by atoms with van der Waals surface area (Å²) in [6.45, 7) is 5.97. The van der Waals surface area contributed by atoms with Crippen LogP contribution < -0.4 is 5.32 Å². The molecule has 23 heavy (non-hydrogen) atoms. The van der Waals surface area contributed by atoms with Crippen molar-refractivity contribution in [1.82, 2.24) is 4.90 Å². The van der Waals surface area contributed by atoms with E-state index in [-0.39, 0.29) is 11.6 Å². The fourth-order valence-corrected chi connectivity index (χ4v) is 4.39. The van der Waals surface area contributed by atoms with Gasteiger partial charge in [-0.05, 0) is 38.7 Å². The van der Waals surface area contributed by atoms with Crippen LogP contribution in [-0.2, 0) is 9.47 Å². The summed E-state index contributed by atoms with van der Waals surface area (Å²) in [5, 5.41) is 3.50. The van der Waals surface area contributed by atoms with E-state index in [1.165, 1.54) is 18.4 Å². The number of methoxy groups -OCH3 is 1. The van der Waals surface area contributed by atoms with Crippen LogP contribution in [0.2, 0.25) is 0 Å². The Morgan fingerprint density at radius 1 is 1.26 bits per heavy atom. The Labute approximate surface area is 139 Å². The van der Waals surface area contributed by atoms with Crippen molar-refractivity contribution >= 4 is 28.3 Å². The number of esters is 1. The first kappa shape index (κ1) is 16.3. The molecule has 2 fully saturated rings. The Hall–Kier alpha value is -1.60. The molecular formula is C16H22N2O4S. The minimum atomic E-state index is -0.411. The van der Waals surface area contributed by atoms with E-state index in [0.29, 0.717) is 23.8 Å². The van der Waals surface area contributed by atoms with Gasteiger partial charge in [-0.15, -0.1) is 11.3 Å². The van der Waals surface area contributed by atoms with E-state index < -0.39 is 5.97 Å². The Morgan fingerprint density at radius 3 is 2.52 bits per heavy atom. The highest BCUT2D eigenvalue weighted by atomic mass is 32.1. The van der Waals surface area contributed by atoms with E-state index >= 15 is 0 Å². The highest BCUT2D eigenvalue weighted by molar-refractivity contribution is 7.16. The van der Waals surface area contributed by atoms with Crippen molar-refractivity contribution in [3.63, 3.8) is 0 Å². The highest BCUT2D eigenvalue weighted by Crippen LogP contribution is 2.40. The molecule has 0 atom stereocenters. The van der Waals surface area contributed by atoms with Gasteiger partial charge in [0.15, 0.2) is 0 Å². The number of anilines is 1. The second kappa shape index (κ2) is 6.13. The molecule has 126 valence electrons. The van der Waals surface area contributed by atoms with E-state index in [9.17, 15) is 9.59 Å². The van der Waals surface area contributed by atoms with Gasteiger partial charge in [-0.2, -0.15) is 0 Å². The van der Waals surface area contributed by atoms with Crippen molar-refractivity contribution in [2.24, 2.45) is 0 Å². The minimum absolute atomic E-state index is 0.0604. The van der Waals surface area contributed by atoms with Crippen molar-refractivity contribution < 1.29 is 19.1 Å². The third-order valence-corrected chi connectivity index (χ3v) is 6.16. The van der Waals surface area contributed by atoms with Gasteiger partial charge in [0, 0.05) is 24.6 Å². The van der Waals surface area contributed by atoms with Crippen molar-refractivity contribution in [3.8, 4) is 0 Å². The second-order valence-electron chi connectivity index (χ2n) is 6.15. The van der Waals surface area contributed by atoms with E-state index in [0.717, 1.165) is 36.2 Å². The number of amides is 2. The van der Waals surface area contributed by atoms with Gasteiger partial charge in [0.2, 0.25) is 0 Å². The molecule has 1 spiro atoms. The normalized spacial score (nSPS) is 19.3. The highest BCUT2D eigenvalue weighted by Gasteiger charge is 2.48. The van der Waals surface area contributed by atoms with Crippen molar-refractivity contribution in [2.75, 3.05) is 32.2 Å². The maximum Gasteiger partial charge on any atom is 0.341 e. The zero-order chi connectivity index (χ0) is 16.6. The first-order valence-corrected chi connectivity index (χ1v) is 8.65. The molecule has 1 aromatic rings. The number of nitrogens with one attached hydrogen (secondary N) is 1. The summed E-state index contributed by atoms with van der Waals surface area (Å²) < 4.78 is 10.3. The molecule has 6 nitrogen and oxygen atoms in total. The lowest BCUT2D eigenvalue weighted by Crippen LogP contribution is -2.65. The number of ether oxygens (including phenoxy) is 2. The summed E-state index contributed by atoms with van der Waals surface area (Å²) >= 11 is 1.42. The number of likely N-dealkylation sites (tertiary alicyclic amines) is 1. The smallest absolute Gasteiger partial charge is 0.341 e. The lowest BCUT2D eigenvalue weighted by atomic mass is 9.78. The molecule has 0 bridgehead atoms. The Morgan fingerprint density at radius 2 is 1.96 bits per heavy atom. The van der Waals surface area contributed by atoms with E-state index in [2.05, 4.69) is 5.32 Å². The number of hydrogen-bond donors (Lipinski definition) is 1. The van der Waals surface area contributed by atoms with Crippen LogP contribution in [0.3, 0.4) is 0 Å². The van der Waals surface area contributed by atoms with Crippen molar-refractivity contribution in [3.05, 3.63) is 16.0 Å². The first-order chi connectivity index (χ1) is 11.0. The summed E-state index contributed by atoms with van der Waals surface area (Å²) in [6.07, 6.45) is 2.79. The fourth-order valence-electron chi connectivity index (χ4n) is 3.36. The zero-order valence-corrected chi connectivity index (χ0v) is 14.5. The molecule has 2 aliphatic rings. The van der Waals surface area contributed by atoms with Gasteiger partial charge < -0.3 is 14.4 Å². The van der Waals surface area contributed by atoms with Crippen LogP contribution >= 0.6 is 11.3 Å². The molecule has 0 aromatic carbocycles. The first-order valence-electron chi connectivity index (χ1n) is 7.83. The fraction of sp³-hybridized carbons (Fsp3) is 0.625. The molecule has 3 heterocycles. The molecule has 0 aliphatic carbocycles. The molecule has 2 aliphatic heterocycles. The molecule has 2 amide bonds. The van der Waals surface area contributed by atoms with Crippen LogP contribution in [0.1, 0.15) is 40.1 Å². The Kier molecular flexibility index (Phi) is 4.33. The molecule has 0 unspecified atom stereocenters. The number of rotatable bonds is 2. The maximum atomic E-state index is 12.7. The van der Waals surface area contributed by atoms with Crippen molar-refractivity contribution in [2.45, 2.75) is 38.6 Å². The van der Waals surface area contributed by atoms with Gasteiger partial charge in [-0.3, -0.25) is 5.32 Å². The van der Waals surface area contributed by atoms with Gasteiger partial charge in [0.25, 0.3) is 0 Å². The van der Waals surface area contributed by atoms with Crippen LogP contribution in [-0.4, -0.2) is 49.3 Å². The van der Waals surface area contributed by atoms with Gasteiger partial charge in [0.1, 0.15) is 5.00 Å². The molecule has 1 aromatic heterocycles. The van der Waals surface area contributed by atoms with E-state index in [1.807, 2.05) is 18.7 Å². The lowest BCUT2D eigenvalue weighted by Gasteiger charge is -2.54. The summed E-state index contributed by atoms with van der Waals surface area (Å²) in [5.41, 5.74) is 1.27. The van der Waals surface area contributed by atoms with Crippen LogP contribution in [0.5, 0.6) is 0 Å². The quantitative estimate of drug-likeness (QED) is 0.842. The predicted molar refractivity (Wildman–Crippen MR) is 88.3 cm³/mol. The van der Waals surface area contributed by atoms with Gasteiger partial charge in [0.05, 0.1) is 18.2 Å². The van der Waals surface area contributed by atoms with Crippen molar-refractivity contribution in [1.29, 1.82) is 0 Å². The van der Waals surface area contributed by atoms with Crippen LogP contribution in [0, 0.1) is 13.8 Å². The number of nitrogens with zero attached hydrogens (tertiary/aromatic N) is 1. The topological polar surface area (TPSA) is 67.9 Å². The molecule has 7 heteroatoms. The minimum Gasteiger partial charge on any atom is -0.465 e. The number of urea groups is 1. The van der Waals surface area contributed by atoms with Crippen LogP contribution in [0.25, 0.3) is 0 Å². The van der Waals surface area contributed by atoms with Crippen LogP contribution in [0.4, 0.5) is 9.80 Å². The zero-order valence-electron chi connectivity index (χ0n) is 13.7. The standard InChI is InChI=1S/C16H22N2O4S/c1-10-11(2)23-13(12(10)14(19)21-3)17-15(20)18-7-4-16(18)5-8-22-9-6-16/h4-9H2,1-3H3,(H,17,20). The number of thiophene rings is 1. The van der Waals surface area contributed by atoms with E-state index in [4.69, 9.17) is 9.47 Å². The maximum absolute atomic E-state index is 12.7. The van der Waals surface area contributed by atoms with Gasteiger partial charge in [-0.1, -0.05) is 0 Å². The summed E-state index contributed by atoms with van der Waals surface area (Å²) in [7, 11) is 1.35. The number of carbonyl (C=O) groups is 2. The predicted octanol–water partition coefficient (Wildman–Crippen LogP) is 2.94. The third-order valence-electron chi connectivity index (χ3n) is 5.04.